The molecule has 0 amide bonds. The maximum atomic E-state index is 6.57. The van der Waals surface area contributed by atoms with E-state index in [1.807, 2.05) is 47.1 Å². The predicted octanol–water partition coefficient (Wildman–Crippen LogP) is 4.84. The average molecular weight is 378 g/mol. The molecule has 2 aliphatic rings. The Kier molecular flexibility index (Phi) is 3.53. The van der Waals surface area contributed by atoms with Crippen molar-refractivity contribution in [2.24, 2.45) is 0 Å². The van der Waals surface area contributed by atoms with Gasteiger partial charge in [-0.3, -0.25) is 0 Å². The molecule has 140 valence electrons. The summed E-state index contributed by atoms with van der Waals surface area (Å²) in [6, 6.07) is 28.8. The van der Waals surface area contributed by atoms with Crippen molar-refractivity contribution >= 4 is 11.6 Å². The molecule has 6 rings (SSSR count). The zero-order valence-electron chi connectivity index (χ0n) is 15.6. The Labute approximate surface area is 168 Å². The molecule has 2 aliphatic heterocycles. The lowest BCUT2D eigenvalue weighted by atomic mass is 9.85. The fourth-order valence-electron chi connectivity index (χ4n) is 4.28. The van der Waals surface area contributed by atoms with Gasteiger partial charge in [-0.15, -0.1) is 0 Å². The van der Waals surface area contributed by atoms with Crippen LogP contribution in [0.1, 0.15) is 28.8 Å². The third kappa shape index (κ3) is 2.48. The van der Waals surface area contributed by atoms with Crippen molar-refractivity contribution in [3.8, 4) is 5.75 Å². The monoisotopic (exact) mass is 378 g/mol. The van der Waals surface area contributed by atoms with Gasteiger partial charge in [0.2, 0.25) is 5.95 Å². The number of anilines is 1. The molecular weight excluding hydrogens is 360 g/mol. The van der Waals surface area contributed by atoms with Gasteiger partial charge >= 0.3 is 0 Å². The van der Waals surface area contributed by atoms with E-state index < -0.39 is 0 Å². The Hall–Kier alpha value is -3.86. The molecule has 1 N–H and O–H groups in total. The van der Waals surface area contributed by atoms with E-state index in [1.54, 1.807) is 6.33 Å². The smallest absolute Gasteiger partial charge is 0.226 e. The van der Waals surface area contributed by atoms with Gasteiger partial charge in [0.1, 0.15) is 24.2 Å². The Balaban J connectivity index is 1.65. The van der Waals surface area contributed by atoms with Crippen molar-refractivity contribution < 1.29 is 4.74 Å². The highest BCUT2D eigenvalue weighted by Crippen LogP contribution is 2.50. The molecule has 0 fully saturated rings. The minimum atomic E-state index is -0.226. The van der Waals surface area contributed by atoms with E-state index in [0.717, 1.165) is 39.7 Å². The van der Waals surface area contributed by atoms with E-state index in [2.05, 4.69) is 57.9 Å². The Morgan fingerprint density at radius 2 is 1.48 bits per heavy atom. The van der Waals surface area contributed by atoms with E-state index in [0.29, 0.717) is 0 Å². The predicted molar refractivity (Wildman–Crippen MR) is 111 cm³/mol. The van der Waals surface area contributed by atoms with Crippen LogP contribution in [0.25, 0.3) is 5.70 Å². The van der Waals surface area contributed by atoms with E-state index in [-0.39, 0.29) is 12.1 Å². The molecule has 0 radical (unpaired) electrons. The molecule has 0 saturated carbocycles. The highest BCUT2D eigenvalue weighted by Gasteiger charge is 2.40. The lowest BCUT2D eigenvalue weighted by molar-refractivity contribution is 0.223. The first kappa shape index (κ1) is 16.1. The lowest BCUT2D eigenvalue weighted by Gasteiger charge is -2.38. The number of hydrogen-bond acceptors (Lipinski definition) is 4. The number of nitrogens with zero attached hydrogens (tertiary/aromatic N) is 3. The number of aromatic nitrogens is 3. The van der Waals surface area contributed by atoms with Crippen molar-refractivity contribution in [3.63, 3.8) is 0 Å². The highest BCUT2D eigenvalue weighted by atomic mass is 16.5. The maximum Gasteiger partial charge on any atom is 0.226 e. The van der Waals surface area contributed by atoms with Crippen LogP contribution in [0.15, 0.2) is 96.8 Å². The van der Waals surface area contributed by atoms with Crippen LogP contribution in [0.2, 0.25) is 0 Å². The number of benzene rings is 3. The van der Waals surface area contributed by atoms with Gasteiger partial charge in [-0.1, -0.05) is 72.8 Å². The van der Waals surface area contributed by atoms with Crippen LogP contribution in [0.3, 0.4) is 0 Å². The van der Waals surface area contributed by atoms with E-state index in [4.69, 9.17) is 4.74 Å². The number of nitrogens with one attached hydrogen (secondary N) is 1. The summed E-state index contributed by atoms with van der Waals surface area (Å²) in [7, 11) is 0. The average Bonchev–Trinajstić information content (AvgIpc) is 3.26. The summed E-state index contributed by atoms with van der Waals surface area (Å²) in [5.74, 6) is 1.61. The second-order valence-corrected chi connectivity index (χ2v) is 7.20. The van der Waals surface area contributed by atoms with Crippen LogP contribution in [0.5, 0.6) is 5.75 Å². The summed E-state index contributed by atoms with van der Waals surface area (Å²) in [4.78, 5) is 4.46. The molecule has 5 heteroatoms. The second-order valence-electron chi connectivity index (χ2n) is 7.20. The van der Waals surface area contributed by atoms with Gasteiger partial charge in [-0.05, 0) is 23.3 Å². The van der Waals surface area contributed by atoms with Gasteiger partial charge in [-0.25, -0.2) is 4.68 Å². The molecule has 5 nitrogen and oxygen atoms in total. The first-order valence-electron chi connectivity index (χ1n) is 9.67. The summed E-state index contributed by atoms with van der Waals surface area (Å²) in [6.07, 6.45) is 1.37. The molecule has 0 bridgehead atoms. The number of ether oxygens (including phenoxy) is 1. The van der Waals surface area contributed by atoms with Crippen LogP contribution in [-0.2, 0) is 0 Å². The number of rotatable bonds is 2. The zero-order chi connectivity index (χ0) is 19.2. The Bertz CT molecular complexity index is 1210. The largest absolute Gasteiger partial charge is 0.480 e. The lowest BCUT2D eigenvalue weighted by Crippen LogP contribution is -2.32. The molecule has 3 aromatic carbocycles. The summed E-state index contributed by atoms with van der Waals surface area (Å²) >= 11 is 0. The van der Waals surface area contributed by atoms with Gasteiger partial charge in [0, 0.05) is 11.1 Å². The van der Waals surface area contributed by atoms with Crippen LogP contribution >= 0.6 is 0 Å². The molecule has 1 aromatic heterocycles. The van der Waals surface area contributed by atoms with Gasteiger partial charge in [0.25, 0.3) is 0 Å². The quantitative estimate of drug-likeness (QED) is 0.542. The third-order valence-electron chi connectivity index (χ3n) is 5.54. The van der Waals surface area contributed by atoms with E-state index in [1.165, 1.54) is 0 Å². The summed E-state index contributed by atoms with van der Waals surface area (Å²) in [5.41, 5.74) is 5.50. The number of fused-ring (bicyclic) bond motifs is 3. The number of para-hydroxylation sites is 1. The minimum Gasteiger partial charge on any atom is -0.480 e. The van der Waals surface area contributed by atoms with Crippen LogP contribution in [0, 0.1) is 0 Å². The van der Waals surface area contributed by atoms with E-state index >= 15 is 0 Å². The first-order valence-corrected chi connectivity index (χ1v) is 9.67. The van der Waals surface area contributed by atoms with Crippen molar-refractivity contribution in [1.29, 1.82) is 0 Å². The molecule has 0 spiro atoms. The van der Waals surface area contributed by atoms with Gasteiger partial charge in [-0.2, -0.15) is 10.1 Å². The maximum absolute atomic E-state index is 6.57. The first-order chi connectivity index (χ1) is 14.4. The molecule has 0 saturated heterocycles. The van der Waals surface area contributed by atoms with Gasteiger partial charge in [0.15, 0.2) is 0 Å². The van der Waals surface area contributed by atoms with Crippen LogP contribution in [0.4, 0.5) is 5.95 Å². The van der Waals surface area contributed by atoms with Crippen LogP contribution < -0.4 is 10.1 Å². The normalized spacial score (nSPS) is 19.4. The van der Waals surface area contributed by atoms with Crippen molar-refractivity contribution in [2.75, 3.05) is 5.32 Å². The second kappa shape index (κ2) is 6.34. The van der Waals surface area contributed by atoms with Crippen molar-refractivity contribution in [2.45, 2.75) is 12.1 Å². The van der Waals surface area contributed by atoms with Crippen molar-refractivity contribution in [3.05, 3.63) is 114 Å². The topological polar surface area (TPSA) is 52.0 Å². The molecule has 2 atom stereocenters. The SMILES string of the molecule is c1ccc([C@H]2Oc3ccccc3C3=C2[C@@H](c2ccccc2)n2ncnc2N3)cc1. The standard InChI is InChI=1S/C24H18N4O/c1-3-9-16(10-4-1)22-20-21(27-24-25-15-26-28(22)24)18-13-7-8-14-19(18)29-23(20)17-11-5-2-6-12-17/h1-15,22-23H,(H,25,26,27)/t22-,23-/m1/s1. The summed E-state index contributed by atoms with van der Waals surface area (Å²) in [5, 5.41) is 8.07. The molecule has 0 aliphatic carbocycles. The van der Waals surface area contributed by atoms with Gasteiger partial charge in [0.05, 0.1) is 5.70 Å². The van der Waals surface area contributed by atoms with Gasteiger partial charge < -0.3 is 10.1 Å². The Morgan fingerprint density at radius 3 is 2.28 bits per heavy atom. The molecule has 0 unspecified atom stereocenters. The molecule has 3 heterocycles. The zero-order valence-corrected chi connectivity index (χ0v) is 15.6. The fourth-order valence-corrected chi connectivity index (χ4v) is 4.28. The third-order valence-corrected chi connectivity index (χ3v) is 5.54. The molecule has 29 heavy (non-hydrogen) atoms. The molecular formula is C24H18N4O. The Morgan fingerprint density at radius 1 is 0.793 bits per heavy atom. The highest BCUT2D eigenvalue weighted by molar-refractivity contribution is 5.85. The minimum absolute atomic E-state index is 0.108. The van der Waals surface area contributed by atoms with Crippen molar-refractivity contribution in [1.82, 2.24) is 14.8 Å². The van der Waals surface area contributed by atoms with E-state index in [9.17, 15) is 0 Å². The molecule has 4 aromatic rings. The van der Waals surface area contributed by atoms with Crippen LogP contribution in [-0.4, -0.2) is 14.8 Å². The summed E-state index contributed by atoms with van der Waals surface area (Å²) in [6.45, 7) is 0. The summed E-state index contributed by atoms with van der Waals surface area (Å²) < 4.78 is 8.52. The number of hydrogen-bond donors (Lipinski definition) is 1. The fraction of sp³-hybridized carbons (Fsp3) is 0.0833.